The van der Waals surface area contributed by atoms with Gasteiger partial charge in [0.05, 0.1) is 11.0 Å². The van der Waals surface area contributed by atoms with E-state index >= 15 is 0 Å². The van der Waals surface area contributed by atoms with Crippen molar-refractivity contribution < 1.29 is 19.1 Å². The molecule has 0 N–H and O–H groups in total. The lowest BCUT2D eigenvalue weighted by Crippen LogP contribution is -2.48. The SMILES string of the molecule is CC(C)OC(=O)C(C)(C)Oc1cccc(N2CCN(C(=O)c3cccs3)CC2)c1. The van der Waals surface area contributed by atoms with Gasteiger partial charge in [-0.25, -0.2) is 4.79 Å². The molecule has 0 saturated carbocycles. The highest BCUT2D eigenvalue weighted by atomic mass is 32.1. The van der Waals surface area contributed by atoms with Gasteiger partial charge < -0.3 is 19.3 Å². The van der Waals surface area contributed by atoms with Gasteiger partial charge in [0, 0.05) is 37.9 Å². The van der Waals surface area contributed by atoms with Crippen molar-refractivity contribution in [2.24, 2.45) is 0 Å². The molecule has 1 fully saturated rings. The molecular weight excluding hydrogens is 388 g/mol. The molecule has 6 nitrogen and oxygen atoms in total. The van der Waals surface area contributed by atoms with Gasteiger partial charge in [-0.05, 0) is 51.3 Å². The maximum absolute atomic E-state index is 12.5. The standard InChI is InChI=1S/C22H28N2O4S/c1-16(2)27-21(26)22(3,4)28-18-8-5-7-17(15-18)23-10-12-24(13-11-23)20(25)19-9-6-14-29-19/h5-9,14-16H,10-13H2,1-4H3. The van der Waals surface area contributed by atoms with Crippen LogP contribution in [-0.2, 0) is 9.53 Å². The zero-order valence-electron chi connectivity index (χ0n) is 17.4. The number of amides is 1. The number of thiophene rings is 1. The van der Waals surface area contributed by atoms with Crippen molar-refractivity contribution in [2.45, 2.75) is 39.4 Å². The summed E-state index contributed by atoms with van der Waals surface area (Å²) in [6.45, 7) is 9.90. The first-order valence-electron chi connectivity index (χ1n) is 9.84. The second-order valence-electron chi connectivity index (χ2n) is 7.82. The minimum Gasteiger partial charge on any atom is -0.476 e. The van der Waals surface area contributed by atoms with Crippen LogP contribution in [0.15, 0.2) is 41.8 Å². The lowest BCUT2D eigenvalue weighted by molar-refractivity contribution is -0.163. The van der Waals surface area contributed by atoms with E-state index in [0.717, 1.165) is 23.7 Å². The molecule has 1 amide bonds. The molecular formula is C22H28N2O4S. The summed E-state index contributed by atoms with van der Waals surface area (Å²) in [4.78, 5) is 29.7. The van der Waals surface area contributed by atoms with Crippen LogP contribution < -0.4 is 9.64 Å². The summed E-state index contributed by atoms with van der Waals surface area (Å²) in [5.41, 5.74) is -0.0620. The number of anilines is 1. The average Bonchev–Trinajstić information content (AvgIpc) is 3.22. The Morgan fingerprint density at radius 2 is 1.79 bits per heavy atom. The number of carbonyl (C=O) groups excluding carboxylic acids is 2. The summed E-state index contributed by atoms with van der Waals surface area (Å²) < 4.78 is 11.2. The van der Waals surface area contributed by atoms with Gasteiger partial charge in [-0.2, -0.15) is 0 Å². The minimum absolute atomic E-state index is 0.0992. The average molecular weight is 417 g/mol. The van der Waals surface area contributed by atoms with Gasteiger partial charge in [-0.15, -0.1) is 11.3 Å². The molecule has 0 unspecified atom stereocenters. The maximum Gasteiger partial charge on any atom is 0.350 e. The summed E-state index contributed by atoms with van der Waals surface area (Å²) in [6.07, 6.45) is -0.190. The molecule has 156 valence electrons. The third-order valence-corrected chi connectivity index (χ3v) is 5.55. The summed E-state index contributed by atoms with van der Waals surface area (Å²) in [5.74, 6) is 0.325. The van der Waals surface area contributed by atoms with Gasteiger partial charge in [-0.3, -0.25) is 4.79 Å². The van der Waals surface area contributed by atoms with Crippen molar-refractivity contribution in [2.75, 3.05) is 31.1 Å². The fraction of sp³-hybridized carbons (Fsp3) is 0.455. The normalized spacial score (nSPS) is 14.8. The number of ether oxygens (including phenoxy) is 2. The molecule has 0 atom stereocenters. The number of hydrogen-bond donors (Lipinski definition) is 0. The molecule has 0 radical (unpaired) electrons. The number of piperazine rings is 1. The van der Waals surface area contributed by atoms with E-state index in [9.17, 15) is 9.59 Å². The highest BCUT2D eigenvalue weighted by molar-refractivity contribution is 7.12. The fourth-order valence-electron chi connectivity index (χ4n) is 3.16. The molecule has 1 aromatic heterocycles. The van der Waals surface area contributed by atoms with Crippen LogP contribution >= 0.6 is 11.3 Å². The van der Waals surface area contributed by atoms with Gasteiger partial charge in [-0.1, -0.05) is 12.1 Å². The van der Waals surface area contributed by atoms with E-state index in [2.05, 4.69) is 4.90 Å². The third-order valence-electron chi connectivity index (χ3n) is 4.69. The molecule has 0 spiro atoms. The zero-order valence-corrected chi connectivity index (χ0v) is 18.2. The fourth-order valence-corrected chi connectivity index (χ4v) is 3.85. The zero-order chi connectivity index (χ0) is 21.0. The van der Waals surface area contributed by atoms with Crippen molar-refractivity contribution in [1.82, 2.24) is 4.90 Å². The van der Waals surface area contributed by atoms with E-state index in [1.54, 1.807) is 13.8 Å². The van der Waals surface area contributed by atoms with E-state index in [0.29, 0.717) is 18.8 Å². The first-order valence-corrected chi connectivity index (χ1v) is 10.7. The molecule has 1 saturated heterocycles. The summed E-state index contributed by atoms with van der Waals surface area (Å²) in [5, 5.41) is 1.92. The van der Waals surface area contributed by atoms with Crippen molar-refractivity contribution >= 4 is 28.9 Å². The van der Waals surface area contributed by atoms with Crippen LogP contribution in [0.2, 0.25) is 0 Å². The lowest BCUT2D eigenvalue weighted by Gasteiger charge is -2.36. The number of esters is 1. The van der Waals surface area contributed by atoms with Gasteiger partial charge in [0.1, 0.15) is 5.75 Å². The highest BCUT2D eigenvalue weighted by Crippen LogP contribution is 2.26. The molecule has 1 aromatic carbocycles. The molecule has 2 heterocycles. The van der Waals surface area contributed by atoms with Crippen LogP contribution in [-0.4, -0.2) is 54.7 Å². The van der Waals surface area contributed by atoms with E-state index in [1.165, 1.54) is 11.3 Å². The van der Waals surface area contributed by atoms with Crippen molar-refractivity contribution in [3.63, 3.8) is 0 Å². The third kappa shape index (κ3) is 5.29. The maximum atomic E-state index is 12.5. The van der Waals surface area contributed by atoms with E-state index in [1.807, 2.05) is 60.5 Å². The van der Waals surface area contributed by atoms with Gasteiger partial charge >= 0.3 is 5.97 Å². The minimum atomic E-state index is -1.07. The number of nitrogens with zero attached hydrogens (tertiary/aromatic N) is 2. The van der Waals surface area contributed by atoms with Crippen LogP contribution in [0.3, 0.4) is 0 Å². The predicted octanol–water partition coefficient (Wildman–Crippen LogP) is 3.82. The molecule has 1 aliphatic rings. The Morgan fingerprint density at radius 3 is 2.41 bits per heavy atom. The Morgan fingerprint density at radius 1 is 1.07 bits per heavy atom. The quantitative estimate of drug-likeness (QED) is 0.670. The second-order valence-corrected chi connectivity index (χ2v) is 8.77. The van der Waals surface area contributed by atoms with Crippen LogP contribution in [0.5, 0.6) is 5.75 Å². The van der Waals surface area contributed by atoms with Crippen molar-refractivity contribution in [3.05, 3.63) is 46.7 Å². The van der Waals surface area contributed by atoms with Crippen LogP contribution in [0.1, 0.15) is 37.4 Å². The molecule has 0 bridgehead atoms. The van der Waals surface area contributed by atoms with E-state index < -0.39 is 11.6 Å². The summed E-state index contributed by atoms with van der Waals surface area (Å²) >= 11 is 1.48. The Balaban J connectivity index is 1.62. The molecule has 29 heavy (non-hydrogen) atoms. The Bertz CT molecular complexity index is 840. The van der Waals surface area contributed by atoms with Crippen molar-refractivity contribution in [1.29, 1.82) is 0 Å². The first kappa shape index (κ1) is 21.2. The van der Waals surface area contributed by atoms with Gasteiger partial charge in [0.25, 0.3) is 5.91 Å². The van der Waals surface area contributed by atoms with Crippen LogP contribution in [0.25, 0.3) is 0 Å². The van der Waals surface area contributed by atoms with E-state index in [-0.39, 0.29) is 12.0 Å². The van der Waals surface area contributed by atoms with Crippen molar-refractivity contribution in [3.8, 4) is 5.75 Å². The topological polar surface area (TPSA) is 59.1 Å². The Kier molecular flexibility index (Phi) is 6.47. The monoisotopic (exact) mass is 416 g/mol. The number of rotatable bonds is 6. The predicted molar refractivity (Wildman–Crippen MR) is 115 cm³/mol. The highest BCUT2D eigenvalue weighted by Gasteiger charge is 2.32. The molecule has 0 aliphatic carbocycles. The van der Waals surface area contributed by atoms with E-state index in [4.69, 9.17) is 9.47 Å². The smallest absolute Gasteiger partial charge is 0.350 e. The summed E-state index contributed by atoms with van der Waals surface area (Å²) in [6, 6.07) is 11.5. The van der Waals surface area contributed by atoms with Gasteiger partial charge in [0.15, 0.2) is 5.60 Å². The second kappa shape index (κ2) is 8.86. The molecule has 1 aliphatic heterocycles. The summed E-state index contributed by atoms with van der Waals surface area (Å²) in [7, 11) is 0. The first-order chi connectivity index (χ1) is 13.8. The van der Waals surface area contributed by atoms with Crippen LogP contribution in [0, 0.1) is 0 Å². The Hall–Kier alpha value is -2.54. The largest absolute Gasteiger partial charge is 0.476 e. The number of hydrogen-bond acceptors (Lipinski definition) is 6. The lowest BCUT2D eigenvalue weighted by atomic mass is 10.1. The number of carbonyl (C=O) groups is 2. The molecule has 3 rings (SSSR count). The number of benzene rings is 1. The van der Waals surface area contributed by atoms with Gasteiger partial charge in [0.2, 0.25) is 0 Å². The Labute approximate surface area is 176 Å². The van der Waals surface area contributed by atoms with Crippen LogP contribution in [0.4, 0.5) is 5.69 Å². The molecule has 2 aromatic rings. The molecule has 7 heteroatoms.